The van der Waals surface area contributed by atoms with E-state index >= 15 is 0 Å². The van der Waals surface area contributed by atoms with Crippen molar-refractivity contribution in [3.8, 4) is 0 Å². The third kappa shape index (κ3) is 1.26. The van der Waals surface area contributed by atoms with Gasteiger partial charge in [-0.3, -0.25) is 4.79 Å². The van der Waals surface area contributed by atoms with E-state index in [9.17, 15) is 4.79 Å². The molecule has 2 heterocycles. The van der Waals surface area contributed by atoms with Gasteiger partial charge in [0, 0.05) is 0 Å². The molecule has 0 saturated heterocycles. The molecule has 3 N–H and O–H groups in total. The predicted molar refractivity (Wildman–Crippen MR) is 48.7 cm³/mol. The van der Waals surface area contributed by atoms with Crippen LogP contribution >= 0.6 is 0 Å². The van der Waals surface area contributed by atoms with Crippen molar-refractivity contribution in [3.63, 3.8) is 0 Å². The average molecular weight is 192 g/mol. The fraction of sp³-hybridized carbons (Fsp3) is 0.125. The van der Waals surface area contributed by atoms with E-state index in [4.69, 9.17) is 10.8 Å². The number of nitrogens with two attached hydrogens (primary N) is 1. The van der Waals surface area contributed by atoms with Crippen molar-refractivity contribution in [2.45, 2.75) is 6.42 Å². The highest BCUT2D eigenvalue weighted by atomic mass is 16.4. The van der Waals surface area contributed by atoms with Crippen molar-refractivity contribution in [1.29, 1.82) is 0 Å². The second-order valence-corrected chi connectivity index (χ2v) is 2.84. The van der Waals surface area contributed by atoms with Crippen LogP contribution in [0.1, 0.15) is 5.69 Å². The van der Waals surface area contributed by atoms with Crippen LogP contribution in [0.5, 0.6) is 0 Å². The molecule has 2 aromatic heterocycles. The maximum absolute atomic E-state index is 10.5. The summed E-state index contributed by atoms with van der Waals surface area (Å²) in [5, 5.41) is 12.5. The Morgan fingerprint density at radius 3 is 3.07 bits per heavy atom. The fourth-order valence-corrected chi connectivity index (χ4v) is 1.30. The molecule has 0 radical (unpaired) electrons. The van der Waals surface area contributed by atoms with E-state index < -0.39 is 5.97 Å². The van der Waals surface area contributed by atoms with Gasteiger partial charge in [0.15, 0.2) is 5.82 Å². The molecule has 0 atom stereocenters. The fourth-order valence-electron chi connectivity index (χ4n) is 1.30. The van der Waals surface area contributed by atoms with Crippen LogP contribution in [0.4, 0.5) is 5.82 Å². The molecule has 0 aliphatic rings. The number of aromatic nitrogens is 3. The highest BCUT2D eigenvalue weighted by Gasteiger charge is 2.08. The van der Waals surface area contributed by atoms with Gasteiger partial charge in [0.2, 0.25) is 0 Å². The van der Waals surface area contributed by atoms with E-state index in [1.54, 1.807) is 12.1 Å². The summed E-state index contributed by atoms with van der Waals surface area (Å²) in [7, 11) is 0. The van der Waals surface area contributed by atoms with Crippen LogP contribution in [-0.4, -0.2) is 25.7 Å². The summed E-state index contributed by atoms with van der Waals surface area (Å²) >= 11 is 0. The number of nitrogen functional groups attached to an aromatic ring is 1. The van der Waals surface area contributed by atoms with Gasteiger partial charge in [-0.1, -0.05) is 0 Å². The molecular weight excluding hydrogens is 184 g/mol. The van der Waals surface area contributed by atoms with Gasteiger partial charge in [0.1, 0.15) is 11.8 Å². The Morgan fingerprint density at radius 1 is 1.57 bits per heavy atom. The minimum Gasteiger partial charge on any atom is -0.481 e. The highest BCUT2D eigenvalue weighted by Crippen LogP contribution is 2.13. The first-order valence-corrected chi connectivity index (χ1v) is 3.97. The Bertz CT molecular complexity index is 491. The Morgan fingerprint density at radius 2 is 2.36 bits per heavy atom. The van der Waals surface area contributed by atoms with Crippen LogP contribution in [0.3, 0.4) is 0 Å². The molecule has 72 valence electrons. The van der Waals surface area contributed by atoms with Crippen LogP contribution in [-0.2, 0) is 11.2 Å². The molecule has 0 spiro atoms. The highest BCUT2D eigenvalue weighted by molar-refractivity contribution is 5.72. The van der Waals surface area contributed by atoms with Gasteiger partial charge < -0.3 is 10.8 Å². The molecule has 2 aromatic rings. The van der Waals surface area contributed by atoms with Gasteiger partial charge in [-0.15, -0.1) is 0 Å². The van der Waals surface area contributed by atoms with Crippen LogP contribution < -0.4 is 5.73 Å². The Labute approximate surface area is 79.0 Å². The number of anilines is 1. The van der Waals surface area contributed by atoms with Crippen molar-refractivity contribution >= 4 is 17.3 Å². The molecule has 6 heteroatoms. The number of aliphatic carboxylic acids is 1. The molecular formula is C8H8N4O2. The minimum absolute atomic E-state index is 0.0788. The smallest absolute Gasteiger partial charge is 0.309 e. The first-order valence-electron chi connectivity index (χ1n) is 3.97. The number of hydrogen-bond donors (Lipinski definition) is 2. The summed E-state index contributed by atoms with van der Waals surface area (Å²) in [5.74, 6) is -0.557. The van der Waals surface area contributed by atoms with Crippen LogP contribution in [0.2, 0.25) is 0 Å². The van der Waals surface area contributed by atoms with E-state index in [1.807, 2.05) is 0 Å². The van der Waals surface area contributed by atoms with Crippen molar-refractivity contribution < 1.29 is 9.90 Å². The third-order valence-electron chi connectivity index (χ3n) is 1.89. The topological polar surface area (TPSA) is 93.5 Å². The summed E-state index contributed by atoms with van der Waals surface area (Å²) in [6.45, 7) is 0. The van der Waals surface area contributed by atoms with Gasteiger partial charge in [-0.25, -0.2) is 9.50 Å². The van der Waals surface area contributed by atoms with Crippen molar-refractivity contribution in [3.05, 3.63) is 24.2 Å². The molecule has 0 fully saturated rings. The Hall–Kier alpha value is -2.11. The molecule has 0 unspecified atom stereocenters. The molecule has 0 aromatic carbocycles. The second kappa shape index (κ2) is 2.99. The Kier molecular flexibility index (Phi) is 1.81. The number of fused-ring (bicyclic) bond motifs is 1. The van der Waals surface area contributed by atoms with Gasteiger partial charge in [0.05, 0.1) is 12.1 Å². The number of rotatable bonds is 2. The summed E-state index contributed by atoms with van der Waals surface area (Å²) in [6, 6.07) is 3.38. The first kappa shape index (κ1) is 8.49. The van der Waals surface area contributed by atoms with Crippen molar-refractivity contribution in [2.75, 3.05) is 5.73 Å². The van der Waals surface area contributed by atoms with Gasteiger partial charge in [-0.05, 0) is 12.1 Å². The number of carboxylic acids is 1. The van der Waals surface area contributed by atoms with E-state index in [0.29, 0.717) is 17.0 Å². The molecule has 2 rings (SSSR count). The SMILES string of the molecule is Nc1ncnn2c(CC(=O)O)ccc12. The summed E-state index contributed by atoms with van der Waals surface area (Å²) in [5.41, 5.74) is 6.79. The van der Waals surface area contributed by atoms with E-state index in [0.717, 1.165) is 0 Å². The number of hydrogen-bond acceptors (Lipinski definition) is 4. The maximum Gasteiger partial charge on any atom is 0.309 e. The first-order chi connectivity index (χ1) is 6.68. The lowest BCUT2D eigenvalue weighted by molar-refractivity contribution is -0.136. The van der Waals surface area contributed by atoms with Crippen LogP contribution in [0.25, 0.3) is 5.52 Å². The van der Waals surface area contributed by atoms with Gasteiger partial charge in [0.25, 0.3) is 0 Å². The quantitative estimate of drug-likeness (QED) is 0.695. The number of nitrogens with zero attached hydrogens (tertiary/aromatic N) is 3. The zero-order chi connectivity index (χ0) is 10.1. The number of carbonyl (C=O) groups is 1. The largest absolute Gasteiger partial charge is 0.481 e. The van der Waals surface area contributed by atoms with Gasteiger partial charge >= 0.3 is 5.97 Å². The third-order valence-corrected chi connectivity index (χ3v) is 1.89. The van der Waals surface area contributed by atoms with Crippen molar-refractivity contribution in [1.82, 2.24) is 14.6 Å². The molecule has 0 saturated carbocycles. The summed E-state index contributed by atoms with van der Waals surface area (Å²) in [6.07, 6.45) is 1.22. The maximum atomic E-state index is 10.5. The van der Waals surface area contributed by atoms with Crippen LogP contribution in [0.15, 0.2) is 18.5 Å². The standard InChI is InChI=1S/C8H8N4O2/c9-8-6-2-1-5(3-7(13)14)12(6)11-4-10-8/h1-2,4H,3H2,(H,13,14)(H2,9,10,11). The molecule has 0 aliphatic heterocycles. The summed E-state index contributed by atoms with van der Waals surface area (Å²) < 4.78 is 1.48. The lowest BCUT2D eigenvalue weighted by atomic mass is 10.3. The normalized spacial score (nSPS) is 10.6. The minimum atomic E-state index is -0.901. The zero-order valence-corrected chi connectivity index (χ0v) is 7.21. The monoisotopic (exact) mass is 192 g/mol. The molecule has 6 nitrogen and oxygen atoms in total. The lowest BCUT2D eigenvalue weighted by Crippen LogP contribution is -2.06. The van der Waals surface area contributed by atoms with Crippen LogP contribution in [0, 0.1) is 0 Å². The molecule has 0 aliphatic carbocycles. The predicted octanol–water partition coefficient (Wildman–Crippen LogP) is -0.0614. The molecule has 14 heavy (non-hydrogen) atoms. The van der Waals surface area contributed by atoms with Crippen molar-refractivity contribution in [2.24, 2.45) is 0 Å². The lowest BCUT2D eigenvalue weighted by Gasteiger charge is -1.99. The van der Waals surface area contributed by atoms with E-state index in [-0.39, 0.29) is 6.42 Å². The van der Waals surface area contributed by atoms with E-state index in [1.165, 1.54) is 10.8 Å². The second-order valence-electron chi connectivity index (χ2n) is 2.84. The summed E-state index contributed by atoms with van der Waals surface area (Å²) in [4.78, 5) is 14.3. The molecule has 0 amide bonds. The Balaban J connectivity index is 2.58. The zero-order valence-electron chi connectivity index (χ0n) is 7.21. The average Bonchev–Trinajstić information content (AvgIpc) is 2.49. The molecule has 0 bridgehead atoms. The van der Waals surface area contributed by atoms with Gasteiger partial charge in [-0.2, -0.15) is 5.10 Å². The van der Waals surface area contributed by atoms with E-state index in [2.05, 4.69) is 10.1 Å². The number of carboxylic acid groups (broad SMARTS) is 1.